The van der Waals surface area contributed by atoms with Gasteiger partial charge in [0.15, 0.2) is 20.0 Å². The Morgan fingerprint density at radius 1 is 1.00 bits per heavy atom. The summed E-state index contributed by atoms with van der Waals surface area (Å²) in [6.07, 6.45) is -1.68. The van der Waals surface area contributed by atoms with Crippen LogP contribution in [0.3, 0.4) is 0 Å². The lowest BCUT2D eigenvalue weighted by molar-refractivity contribution is 0.0134. The quantitative estimate of drug-likeness (QED) is 0.244. The predicted octanol–water partition coefficient (Wildman–Crippen LogP) is 6.71. The van der Waals surface area contributed by atoms with E-state index in [1.165, 1.54) is 17.0 Å². The summed E-state index contributed by atoms with van der Waals surface area (Å²) in [4.78, 5) is 40.6. The van der Waals surface area contributed by atoms with Gasteiger partial charge >= 0.3 is 12.1 Å². The molecule has 0 saturated carbocycles. The topological polar surface area (TPSA) is 129 Å². The number of rotatable bonds is 8. The van der Waals surface area contributed by atoms with E-state index in [9.17, 15) is 29.0 Å². The highest BCUT2D eigenvalue weighted by molar-refractivity contribution is 6.74. The molecule has 9 nitrogen and oxygen atoms in total. The molecule has 0 radical (unpaired) electrons. The molecule has 0 aliphatic rings. The number of carboxylic acid groups (broad SMARTS) is 1. The number of phenols is 1. The molecular weight excluding hydrogens is 566 g/mol. The van der Waals surface area contributed by atoms with Crippen molar-refractivity contribution in [1.29, 1.82) is 0 Å². The number of aromatic carboxylic acids is 1. The van der Waals surface area contributed by atoms with E-state index in [1.807, 2.05) is 33.9 Å². The van der Waals surface area contributed by atoms with E-state index in [4.69, 9.17) is 9.16 Å². The van der Waals surface area contributed by atoms with Gasteiger partial charge in [-0.2, -0.15) is 0 Å². The number of aromatic hydroxyl groups is 1. The number of fused-ring (bicyclic) bond motifs is 1. The number of carboxylic acids is 1. The van der Waals surface area contributed by atoms with Crippen LogP contribution >= 0.6 is 0 Å². The molecule has 12 heteroatoms. The molecule has 0 bridgehead atoms. The second-order valence-electron chi connectivity index (χ2n) is 12.7. The number of benzene rings is 2. The summed E-state index contributed by atoms with van der Waals surface area (Å²) in [5.74, 6) is -4.70. The third-order valence-electron chi connectivity index (χ3n) is 7.29. The number of phenolic OH excluding ortho intramolecular Hbond substituents is 1. The minimum Gasteiger partial charge on any atom is -0.506 e. The van der Waals surface area contributed by atoms with E-state index >= 15 is 4.39 Å². The zero-order valence-corrected chi connectivity index (χ0v) is 26.1. The molecular formula is C30H38F2N2O7Si. The molecule has 0 fully saturated rings. The van der Waals surface area contributed by atoms with Crippen LogP contribution in [0.2, 0.25) is 18.1 Å². The SMILES string of the molecule is CC(C)(C)OC(=O)N(Cc1ccc(C(=O)O)c(F)c1F)CC(O[Si](C)(C)C(C)(C)C)c1ccc(O)c2[nH]c(=O)ccc12. The number of hydrogen-bond donors (Lipinski definition) is 3. The molecule has 1 amide bonds. The van der Waals surface area contributed by atoms with E-state index in [2.05, 4.69) is 4.98 Å². The Hall–Kier alpha value is -3.77. The highest BCUT2D eigenvalue weighted by atomic mass is 28.4. The van der Waals surface area contributed by atoms with Gasteiger partial charge in [0, 0.05) is 17.0 Å². The molecule has 0 spiro atoms. The summed E-state index contributed by atoms with van der Waals surface area (Å²) in [5.41, 5.74) is -1.70. The molecule has 3 aromatic rings. The van der Waals surface area contributed by atoms with Crippen molar-refractivity contribution in [2.24, 2.45) is 0 Å². The van der Waals surface area contributed by atoms with Crippen molar-refractivity contribution in [2.45, 2.75) is 77.9 Å². The van der Waals surface area contributed by atoms with Gasteiger partial charge in [-0.1, -0.05) is 32.9 Å². The summed E-state index contributed by atoms with van der Waals surface area (Å²) < 4.78 is 42.1. The van der Waals surface area contributed by atoms with Gasteiger partial charge < -0.3 is 29.3 Å². The Bertz CT molecular complexity index is 1560. The van der Waals surface area contributed by atoms with Crippen molar-refractivity contribution < 1.29 is 37.7 Å². The number of H-pyrrole nitrogens is 1. The van der Waals surface area contributed by atoms with Gasteiger partial charge in [-0.25, -0.2) is 18.4 Å². The van der Waals surface area contributed by atoms with Crippen molar-refractivity contribution >= 4 is 31.3 Å². The predicted molar refractivity (Wildman–Crippen MR) is 157 cm³/mol. The lowest BCUT2D eigenvalue weighted by atomic mass is 10.0. The maximum Gasteiger partial charge on any atom is 0.410 e. The average molecular weight is 605 g/mol. The summed E-state index contributed by atoms with van der Waals surface area (Å²) in [5, 5.41) is 19.9. The van der Waals surface area contributed by atoms with E-state index in [1.54, 1.807) is 32.9 Å². The van der Waals surface area contributed by atoms with Crippen LogP contribution in [0, 0.1) is 11.6 Å². The van der Waals surface area contributed by atoms with Crippen LogP contribution in [0.15, 0.2) is 41.2 Å². The fraction of sp³-hybridized carbons (Fsp3) is 0.433. The first kappa shape index (κ1) is 32.7. The number of carbonyl (C=O) groups excluding carboxylic acids is 1. The molecule has 1 atom stereocenters. The van der Waals surface area contributed by atoms with E-state index in [0.29, 0.717) is 10.9 Å². The lowest BCUT2D eigenvalue weighted by Crippen LogP contribution is -2.45. The van der Waals surface area contributed by atoms with Gasteiger partial charge in [-0.15, -0.1) is 0 Å². The van der Waals surface area contributed by atoms with Gasteiger partial charge in [-0.05, 0) is 62.7 Å². The zero-order valence-electron chi connectivity index (χ0n) is 25.1. The van der Waals surface area contributed by atoms with Gasteiger partial charge in [0.2, 0.25) is 5.56 Å². The first-order valence-corrected chi connectivity index (χ1v) is 16.3. The Balaban J connectivity index is 2.18. The molecule has 3 rings (SSSR count). The maximum atomic E-state index is 15.1. The third-order valence-corrected chi connectivity index (χ3v) is 11.8. The van der Waals surface area contributed by atoms with Gasteiger partial charge in [-0.3, -0.25) is 4.79 Å². The number of nitrogens with one attached hydrogen (secondary N) is 1. The third kappa shape index (κ3) is 7.35. The van der Waals surface area contributed by atoms with Crippen LogP contribution in [0.1, 0.15) is 69.1 Å². The van der Waals surface area contributed by atoms with Crippen LogP contribution < -0.4 is 5.56 Å². The largest absolute Gasteiger partial charge is 0.506 e. The van der Waals surface area contributed by atoms with Gasteiger partial charge in [0.25, 0.3) is 0 Å². The van der Waals surface area contributed by atoms with Crippen molar-refractivity contribution in [1.82, 2.24) is 9.88 Å². The summed E-state index contributed by atoms with van der Waals surface area (Å²) in [6.45, 7) is 14.5. The Kier molecular flexibility index (Phi) is 9.23. The van der Waals surface area contributed by atoms with Crippen molar-refractivity contribution in [3.05, 3.63) is 75.1 Å². The molecule has 1 heterocycles. The molecule has 0 saturated heterocycles. The average Bonchev–Trinajstić information content (AvgIpc) is 2.84. The first-order chi connectivity index (χ1) is 19.2. The van der Waals surface area contributed by atoms with Crippen molar-refractivity contribution in [2.75, 3.05) is 6.54 Å². The highest BCUT2D eigenvalue weighted by Gasteiger charge is 2.41. The lowest BCUT2D eigenvalue weighted by Gasteiger charge is -2.41. The minimum absolute atomic E-state index is 0.155. The minimum atomic E-state index is -2.56. The highest BCUT2D eigenvalue weighted by Crippen LogP contribution is 2.41. The van der Waals surface area contributed by atoms with Crippen molar-refractivity contribution in [3.8, 4) is 5.75 Å². The second-order valence-corrected chi connectivity index (χ2v) is 17.5. The Morgan fingerprint density at radius 2 is 1.64 bits per heavy atom. The molecule has 3 N–H and O–H groups in total. The fourth-order valence-electron chi connectivity index (χ4n) is 4.08. The summed E-state index contributed by atoms with van der Waals surface area (Å²) in [6, 6.07) is 7.95. The molecule has 0 aliphatic carbocycles. The van der Waals surface area contributed by atoms with Gasteiger partial charge in [0.1, 0.15) is 11.4 Å². The number of aromatic amines is 1. The monoisotopic (exact) mass is 604 g/mol. The number of amides is 1. The summed E-state index contributed by atoms with van der Waals surface area (Å²) in [7, 11) is -2.56. The number of halogens is 2. The van der Waals surface area contributed by atoms with Crippen LogP contribution in [0.4, 0.5) is 13.6 Å². The molecule has 42 heavy (non-hydrogen) atoms. The van der Waals surface area contributed by atoms with Crippen LogP contribution in [0.5, 0.6) is 5.75 Å². The Morgan fingerprint density at radius 3 is 2.21 bits per heavy atom. The van der Waals surface area contributed by atoms with E-state index in [0.717, 1.165) is 12.1 Å². The van der Waals surface area contributed by atoms with Crippen LogP contribution in [-0.2, 0) is 15.7 Å². The number of aromatic nitrogens is 1. The zero-order chi connectivity index (χ0) is 31.8. The molecule has 0 aliphatic heterocycles. The number of pyridine rings is 1. The van der Waals surface area contributed by atoms with Crippen LogP contribution in [-0.4, -0.2) is 52.6 Å². The molecule has 2 aromatic carbocycles. The van der Waals surface area contributed by atoms with E-state index in [-0.39, 0.29) is 28.4 Å². The number of hydrogen-bond acceptors (Lipinski definition) is 6. The first-order valence-electron chi connectivity index (χ1n) is 13.4. The smallest absolute Gasteiger partial charge is 0.410 e. The second kappa shape index (κ2) is 11.8. The maximum absolute atomic E-state index is 15.1. The number of ether oxygens (including phenoxy) is 1. The molecule has 1 aromatic heterocycles. The standard InChI is InChI=1S/C30H38F2N2O7Si/c1-29(2,3)40-28(39)34(15-17-9-10-20(27(37)38)25(32)24(17)31)16-22(41-42(7,8)30(4,5)6)18-11-13-21(35)26-19(18)12-14-23(36)33-26/h9-14,22,35H,15-16H2,1-8H3,(H,33,36)(H,37,38). The van der Waals surface area contributed by atoms with Crippen LogP contribution in [0.25, 0.3) is 10.9 Å². The number of carbonyl (C=O) groups is 2. The fourth-order valence-corrected chi connectivity index (χ4v) is 5.35. The van der Waals surface area contributed by atoms with Gasteiger partial charge in [0.05, 0.1) is 30.3 Å². The Labute approximate surface area is 244 Å². The number of nitrogens with zero attached hydrogens (tertiary/aromatic N) is 1. The molecule has 228 valence electrons. The van der Waals surface area contributed by atoms with E-state index < -0.39 is 61.4 Å². The van der Waals surface area contributed by atoms with Crippen molar-refractivity contribution in [3.63, 3.8) is 0 Å². The normalized spacial score (nSPS) is 13.2. The summed E-state index contributed by atoms with van der Waals surface area (Å²) >= 11 is 0. The molecule has 1 unspecified atom stereocenters.